The van der Waals surface area contributed by atoms with E-state index in [4.69, 9.17) is 0 Å². The van der Waals surface area contributed by atoms with Crippen LogP contribution in [0.3, 0.4) is 0 Å². The summed E-state index contributed by atoms with van der Waals surface area (Å²) in [6.07, 6.45) is 27.5. The first kappa shape index (κ1) is 22.8. The molecule has 2 spiro atoms. The van der Waals surface area contributed by atoms with E-state index >= 15 is 0 Å². The fourth-order valence-corrected chi connectivity index (χ4v) is 8.47. The van der Waals surface area contributed by atoms with Gasteiger partial charge in [-0.05, 0) is 94.3 Å². The van der Waals surface area contributed by atoms with Crippen molar-refractivity contribution in [1.29, 1.82) is 0 Å². The normalized spacial score (nSPS) is 41.9. The Bertz CT molecular complexity index is 539. The molecule has 4 aliphatic rings. The summed E-state index contributed by atoms with van der Waals surface area (Å²) in [4.78, 5) is 13.5. The Labute approximate surface area is 187 Å². The van der Waals surface area contributed by atoms with E-state index in [9.17, 15) is 4.79 Å². The molecule has 4 aliphatic carbocycles. The second kappa shape index (κ2) is 10.1. The molecule has 0 unspecified atom stereocenters. The molecule has 0 aromatic carbocycles. The molecule has 4 rings (SSSR count). The Morgan fingerprint density at radius 3 is 1.77 bits per heavy atom. The summed E-state index contributed by atoms with van der Waals surface area (Å²) in [6.45, 7) is 4.63. The van der Waals surface area contributed by atoms with E-state index in [2.05, 4.69) is 13.8 Å². The Balaban J connectivity index is 1.18. The quantitative estimate of drug-likeness (QED) is 0.362. The lowest BCUT2D eigenvalue weighted by molar-refractivity contribution is -0.169. The minimum absolute atomic E-state index is 0.143. The van der Waals surface area contributed by atoms with Crippen molar-refractivity contribution in [3.8, 4) is 0 Å². The van der Waals surface area contributed by atoms with Gasteiger partial charge < -0.3 is 0 Å². The van der Waals surface area contributed by atoms with Crippen LogP contribution in [0.1, 0.15) is 142 Å². The summed E-state index contributed by atoms with van der Waals surface area (Å²) in [6, 6.07) is 0. The van der Waals surface area contributed by atoms with Crippen molar-refractivity contribution in [3.63, 3.8) is 0 Å². The van der Waals surface area contributed by atoms with Crippen molar-refractivity contribution in [2.24, 2.45) is 34.5 Å². The highest BCUT2D eigenvalue weighted by Gasteiger charge is 2.63. The lowest BCUT2D eigenvalue weighted by atomic mass is 9.42. The number of ketones is 1. The van der Waals surface area contributed by atoms with E-state index in [1.807, 2.05) is 0 Å². The predicted molar refractivity (Wildman–Crippen MR) is 128 cm³/mol. The highest BCUT2D eigenvalue weighted by molar-refractivity contribution is 5.96. The van der Waals surface area contributed by atoms with Crippen molar-refractivity contribution in [2.75, 3.05) is 0 Å². The van der Waals surface area contributed by atoms with Crippen LogP contribution in [0.5, 0.6) is 0 Å². The zero-order valence-electron chi connectivity index (χ0n) is 20.4. The average Bonchev–Trinajstić information content (AvgIpc) is 2.79. The third kappa shape index (κ3) is 4.71. The number of carbonyl (C=O) groups is 1. The zero-order chi connectivity index (χ0) is 21.0. The van der Waals surface area contributed by atoms with Crippen LogP contribution in [-0.2, 0) is 4.79 Å². The molecule has 1 heteroatoms. The number of unbranched alkanes of at least 4 members (excludes halogenated alkanes) is 3. The lowest BCUT2D eigenvalue weighted by Gasteiger charge is -2.59. The minimum Gasteiger partial charge on any atom is -0.298 e. The molecule has 172 valence electrons. The molecule has 0 saturated heterocycles. The molecule has 0 atom stereocenters. The molecule has 1 nitrogen and oxygen atoms in total. The number of Topliss-reactive ketones (excluding diaryl/α,β-unsaturated/α-hetero) is 1. The van der Waals surface area contributed by atoms with Gasteiger partial charge in [0.15, 0.2) is 0 Å². The Morgan fingerprint density at radius 2 is 1.20 bits per heavy atom. The molecule has 0 radical (unpaired) electrons. The van der Waals surface area contributed by atoms with E-state index in [0.717, 1.165) is 29.5 Å². The second-order valence-electron chi connectivity index (χ2n) is 12.3. The standard InChI is InChI=1S/C29H50O/c1-3-5-6-7-9-24-10-12-25(13-11-24)26-16-20-29(21-17-26)22-28(27(29)30)18-14-23(8-4-2)15-19-28/h23-26H,3-22H2,1-2H3/t23?,24?,25?,26-,28-,29-. The van der Waals surface area contributed by atoms with Crippen LogP contribution < -0.4 is 0 Å². The summed E-state index contributed by atoms with van der Waals surface area (Å²) < 4.78 is 0. The third-order valence-electron chi connectivity index (χ3n) is 10.4. The van der Waals surface area contributed by atoms with Crippen molar-refractivity contribution in [3.05, 3.63) is 0 Å². The molecule has 0 aliphatic heterocycles. The number of rotatable bonds is 8. The zero-order valence-corrected chi connectivity index (χ0v) is 20.4. The van der Waals surface area contributed by atoms with E-state index in [1.165, 1.54) is 128 Å². The van der Waals surface area contributed by atoms with Gasteiger partial charge in [0.25, 0.3) is 0 Å². The summed E-state index contributed by atoms with van der Waals surface area (Å²) in [5.74, 6) is 4.62. The van der Waals surface area contributed by atoms with Gasteiger partial charge in [-0.2, -0.15) is 0 Å². The molecule has 0 bridgehead atoms. The monoisotopic (exact) mass is 414 g/mol. The SMILES string of the molecule is CCCCCCC1CCC([C@H]2CC[C@]3(CC2)C[C@@]2(CCC(CCC)CC2)C3=O)CC1. The van der Waals surface area contributed by atoms with Gasteiger partial charge in [0.2, 0.25) is 0 Å². The largest absolute Gasteiger partial charge is 0.298 e. The van der Waals surface area contributed by atoms with Crippen LogP contribution in [0.2, 0.25) is 0 Å². The maximum Gasteiger partial charge on any atom is 0.145 e. The molecule has 0 amide bonds. The fraction of sp³-hybridized carbons (Fsp3) is 0.966. The average molecular weight is 415 g/mol. The van der Waals surface area contributed by atoms with Gasteiger partial charge in [0, 0.05) is 10.8 Å². The minimum atomic E-state index is 0.143. The molecule has 30 heavy (non-hydrogen) atoms. The first-order valence-electron chi connectivity index (χ1n) is 14.2. The van der Waals surface area contributed by atoms with Crippen LogP contribution in [0.25, 0.3) is 0 Å². The topological polar surface area (TPSA) is 17.1 Å². The first-order chi connectivity index (χ1) is 14.6. The van der Waals surface area contributed by atoms with Crippen molar-refractivity contribution >= 4 is 5.78 Å². The van der Waals surface area contributed by atoms with Gasteiger partial charge in [-0.1, -0.05) is 71.6 Å². The van der Waals surface area contributed by atoms with Crippen LogP contribution >= 0.6 is 0 Å². The molecule has 0 heterocycles. The summed E-state index contributed by atoms with van der Waals surface area (Å²) in [5.41, 5.74) is 0.289. The van der Waals surface area contributed by atoms with E-state index < -0.39 is 0 Å². The highest BCUT2D eigenvalue weighted by atomic mass is 16.1. The molecule has 0 aromatic rings. The van der Waals surface area contributed by atoms with Gasteiger partial charge in [-0.25, -0.2) is 0 Å². The van der Waals surface area contributed by atoms with Gasteiger partial charge in [0.05, 0.1) is 0 Å². The second-order valence-corrected chi connectivity index (χ2v) is 12.3. The molecular weight excluding hydrogens is 364 g/mol. The maximum atomic E-state index is 13.5. The molecular formula is C29H50O. The number of carbonyl (C=O) groups excluding carboxylic acids is 1. The van der Waals surface area contributed by atoms with Gasteiger partial charge in [-0.15, -0.1) is 0 Å². The number of hydrogen-bond acceptors (Lipinski definition) is 1. The van der Waals surface area contributed by atoms with Crippen LogP contribution in [0, 0.1) is 34.5 Å². The summed E-state index contributed by atoms with van der Waals surface area (Å²) in [5, 5.41) is 0. The molecule has 4 fully saturated rings. The molecule has 4 saturated carbocycles. The number of hydrogen-bond donors (Lipinski definition) is 0. The van der Waals surface area contributed by atoms with E-state index in [1.54, 1.807) is 0 Å². The Hall–Kier alpha value is -0.330. The summed E-state index contributed by atoms with van der Waals surface area (Å²) in [7, 11) is 0. The van der Waals surface area contributed by atoms with Crippen molar-refractivity contribution < 1.29 is 4.79 Å². The highest BCUT2D eigenvalue weighted by Crippen LogP contribution is 2.64. The molecule has 0 aromatic heterocycles. The predicted octanol–water partition coefficient (Wildman–Crippen LogP) is 8.89. The third-order valence-corrected chi connectivity index (χ3v) is 10.4. The molecule has 0 N–H and O–H groups in total. The van der Waals surface area contributed by atoms with Crippen molar-refractivity contribution in [1.82, 2.24) is 0 Å². The van der Waals surface area contributed by atoms with Crippen molar-refractivity contribution in [2.45, 2.75) is 142 Å². The smallest absolute Gasteiger partial charge is 0.145 e. The summed E-state index contributed by atoms with van der Waals surface area (Å²) >= 11 is 0. The first-order valence-corrected chi connectivity index (χ1v) is 14.2. The van der Waals surface area contributed by atoms with E-state index in [-0.39, 0.29) is 10.8 Å². The fourth-order valence-electron chi connectivity index (χ4n) is 8.47. The van der Waals surface area contributed by atoms with Gasteiger partial charge in [0.1, 0.15) is 5.78 Å². The lowest BCUT2D eigenvalue weighted by Crippen LogP contribution is -2.59. The van der Waals surface area contributed by atoms with Gasteiger partial charge >= 0.3 is 0 Å². The van der Waals surface area contributed by atoms with Crippen LogP contribution in [0.15, 0.2) is 0 Å². The van der Waals surface area contributed by atoms with Crippen LogP contribution in [0.4, 0.5) is 0 Å². The Morgan fingerprint density at radius 1 is 0.633 bits per heavy atom. The van der Waals surface area contributed by atoms with Crippen LogP contribution in [-0.4, -0.2) is 5.78 Å². The van der Waals surface area contributed by atoms with Gasteiger partial charge in [-0.3, -0.25) is 4.79 Å². The Kier molecular flexibility index (Phi) is 7.68. The maximum absolute atomic E-state index is 13.5. The van der Waals surface area contributed by atoms with E-state index in [0.29, 0.717) is 0 Å².